The van der Waals surface area contributed by atoms with E-state index in [1.165, 1.54) is 18.1 Å². The highest BCUT2D eigenvalue weighted by Gasteiger charge is 2.12. The average Bonchev–Trinajstić information content (AvgIpc) is 3.20. The van der Waals surface area contributed by atoms with Crippen LogP contribution in [0.1, 0.15) is 15.9 Å². The third-order valence-electron chi connectivity index (χ3n) is 3.87. The summed E-state index contributed by atoms with van der Waals surface area (Å²) >= 11 is 1.50. The molecule has 2 heterocycles. The molecule has 0 bridgehead atoms. The number of para-hydroxylation sites is 1. The fraction of sp³-hybridized carbons (Fsp3) is 0.0526. The molecule has 0 spiro atoms. The van der Waals surface area contributed by atoms with Gasteiger partial charge in [0.05, 0.1) is 17.4 Å². The zero-order valence-electron chi connectivity index (χ0n) is 13.7. The number of thioether (sulfide) groups is 1. The summed E-state index contributed by atoms with van der Waals surface area (Å²) in [6.07, 6.45) is 3.14. The van der Waals surface area contributed by atoms with Gasteiger partial charge in [-0.2, -0.15) is 5.10 Å². The lowest BCUT2D eigenvalue weighted by atomic mass is 10.1. The van der Waals surface area contributed by atoms with Gasteiger partial charge < -0.3 is 5.32 Å². The summed E-state index contributed by atoms with van der Waals surface area (Å²) in [5.74, 6) is 0.463. The van der Waals surface area contributed by atoms with E-state index in [4.69, 9.17) is 0 Å². The first-order valence-electron chi connectivity index (χ1n) is 8.02. The maximum Gasteiger partial charge on any atom is 0.256 e. The van der Waals surface area contributed by atoms with Gasteiger partial charge in [0.25, 0.3) is 5.91 Å². The summed E-state index contributed by atoms with van der Waals surface area (Å²) in [4.78, 5) is 21.2. The second kappa shape index (κ2) is 7.37. The first kappa shape index (κ1) is 16.3. The highest BCUT2D eigenvalue weighted by atomic mass is 32.2. The second-order valence-corrected chi connectivity index (χ2v) is 6.57. The molecule has 0 aliphatic carbocycles. The van der Waals surface area contributed by atoms with Crippen LogP contribution in [0.15, 0.2) is 72.3 Å². The summed E-state index contributed by atoms with van der Waals surface area (Å²) in [6, 6.07) is 17.3. The van der Waals surface area contributed by atoms with Crippen LogP contribution in [-0.2, 0) is 5.75 Å². The van der Waals surface area contributed by atoms with Crippen LogP contribution in [-0.4, -0.2) is 26.1 Å². The maximum absolute atomic E-state index is 12.7. The molecular weight excluding hydrogens is 346 g/mol. The molecule has 2 N–H and O–H groups in total. The van der Waals surface area contributed by atoms with Crippen molar-refractivity contribution < 1.29 is 4.79 Å². The monoisotopic (exact) mass is 361 g/mol. The van der Waals surface area contributed by atoms with Crippen molar-refractivity contribution in [1.82, 2.24) is 20.2 Å². The molecule has 6 nitrogen and oxygen atoms in total. The predicted molar refractivity (Wildman–Crippen MR) is 102 cm³/mol. The Hall–Kier alpha value is -3.19. The Labute approximate surface area is 154 Å². The highest BCUT2D eigenvalue weighted by molar-refractivity contribution is 7.98. The first-order chi connectivity index (χ1) is 12.8. The number of nitrogens with one attached hydrogen (secondary N) is 2. The smallest absolute Gasteiger partial charge is 0.256 e. The lowest BCUT2D eigenvalue weighted by Crippen LogP contribution is -2.14. The van der Waals surface area contributed by atoms with E-state index in [1.807, 2.05) is 54.6 Å². The average molecular weight is 361 g/mol. The van der Waals surface area contributed by atoms with Gasteiger partial charge in [0.1, 0.15) is 6.33 Å². The number of rotatable bonds is 5. The number of carbonyl (C=O) groups excluding carboxylic acids is 1. The van der Waals surface area contributed by atoms with Gasteiger partial charge in [-0.25, -0.2) is 4.98 Å². The maximum atomic E-state index is 12.7. The molecule has 0 saturated carbocycles. The summed E-state index contributed by atoms with van der Waals surface area (Å²) in [7, 11) is 0. The van der Waals surface area contributed by atoms with Crippen molar-refractivity contribution in [3.05, 3.63) is 78.2 Å². The molecule has 7 heteroatoms. The second-order valence-electron chi connectivity index (χ2n) is 5.61. The standard InChI is InChI=1S/C19H15N5OS/c25-18(23-15-9-13-5-2-4-8-17(13)20-10-15)16-7-3-1-6-14(16)11-26-19-21-12-22-24-19/h1-10,12H,11H2,(H,23,25)(H,21,22,24). The molecule has 0 aliphatic rings. The van der Waals surface area contributed by atoms with Crippen molar-refractivity contribution in [2.75, 3.05) is 5.32 Å². The van der Waals surface area contributed by atoms with Gasteiger partial charge in [-0.3, -0.25) is 14.9 Å². The van der Waals surface area contributed by atoms with Crippen LogP contribution >= 0.6 is 11.8 Å². The molecule has 2 aromatic heterocycles. The van der Waals surface area contributed by atoms with Crippen molar-refractivity contribution >= 4 is 34.3 Å². The number of anilines is 1. The molecule has 26 heavy (non-hydrogen) atoms. The lowest BCUT2D eigenvalue weighted by Gasteiger charge is -2.10. The minimum atomic E-state index is -0.157. The molecule has 0 radical (unpaired) electrons. The van der Waals surface area contributed by atoms with Crippen LogP contribution in [0.3, 0.4) is 0 Å². The third-order valence-corrected chi connectivity index (χ3v) is 4.79. The third kappa shape index (κ3) is 3.57. The Morgan fingerprint density at radius 3 is 2.81 bits per heavy atom. The van der Waals surface area contributed by atoms with Crippen LogP contribution in [0.2, 0.25) is 0 Å². The molecule has 2 aromatic carbocycles. The number of nitrogens with zero attached hydrogens (tertiary/aromatic N) is 3. The number of H-pyrrole nitrogens is 1. The van der Waals surface area contributed by atoms with Crippen molar-refractivity contribution in [2.45, 2.75) is 10.9 Å². The zero-order valence-corrected chi connectivity index (χ0v) is 14.5. The van der Waals surface area contributed by atoms with Gasteiger partial charge in [-0.1, -0.05) is 48.2 Å². The molecule has 128 valence electrons. The SMILES string of the molecule is O=C(Nc1cnc2ccccc2c1)c1ccccc1CSc1ncn[nH]1. The van der Waals surface area contributed by atoms with Crippen molar-refractivity contribution in [1.29, 1.82) is 0 Å². The number of amides is 1. The quantitative estimate of drug-likeness (QED) is 0.527. The molecule has 0 atom stereocenters. The molecule has 0 unspecified atom stereocenters. The molecule has 1 amide bonds. The number of hydrogen-bond acceptors (Lipinski definition) is 5. The van der Waals surface area contributed by atoms with E-state index in [0.29, 0.717) is 17.0 Å². The van der Waals surface area contributed by atoms with E-state index < -0.39 is 0 Å². The fourth-order valence-electron chi connectivity index (χ4n) is 2.62. The number of hydrogen-bond donors (Lipinski definition) is 2. The van der Waals surface area contributed by atoms with Gasteiger partial charge in [-0.05, 0) is 23.8 Å². The van der Waals surface area contributed by atoms with Gasteiger partial charge in [0, 0.05) is 16.7 Å². The van der Waals surface area contributed by atoms with Crippen LogP contribution < -0.4 is 5.32 Å². The van der Waals surface area contributed by atoms with Crippen LogP contribution in [0, 0.1) is 0 Å². The minimum Gasteiger partial charge on any atom is -0.321 e. The minimum absolute atomic E-state index is 0.157. The van der Waals surface area contributed by atoms with Crippen molar-refractivity contribution in [2.24, 2.45) is 0 Å². The van der Waals surface area contributed by atoms with Crippen molar-refractivity contribution in [3.8, 4) is 0 Å². The number of aromatic nitrogens is 4. The number of fused-ring (bicyclic) bond motifs is 1. The van der Waals surface area contributed by atoms with Gasteiger partial charge in [0.2, 0.25) is 0 Å². The molecule has 4 aromatic rings. The van der Waals surface area contributed by atoms with E-state index in [1.54, 1.807) is 6.20 Å². The summed E-state index contributed by atoms with van der Waals surface area (Å²) in [5, 5.41) is 11.3. The Balaban J connectivity index is 1.53. The first-order valence-corrected chi connectivity index (χ1v) is 9.00. The van der Waals surface area contributed by atoms with Gasteiger partial charge in [-0.15, -0.1) is 0 Å². The summed E-state index contributed by atoms with van der Waals surface area (Å²) in [6.45, 7) is 0. The molecule has 0 aliphatic heterocycles. The Morgan fingerprint density at radius 1 is 1.08 bits per heavy atom. The summed E-state index contributed by atoms with van der Waals surface area (Å²) in [5.41, 5.74) is 3.13. The lowest BCUT2D eigenvalue weighted by molar-refractivity contribution is 0.102. The number of aromatic amines is 1. The van der Waals surface area contributed by atoms with E-state index in [9.17, 15) is 4.79 Å². The van der Waals surface area contributed by atoms with Crippen LogP contribution in [0.5, 0.6) is 0 Å². The molecular formula is C19H15N5OS. The number of carbonyl (C=O) groups is 1. The Kier molecular flexibility index (Phi) is 4.61. The van der Waals surface area contributed by atoms with E-state index in [-0.39, 0.29) is 5.91 Å². The van der Waals surface area contributed by atoms with E-state index >= 15 is 0 Å². The Morgan fingerprint density at radius 2 is 1.92 bits per heavy atom. The normalized spacial score (nSPS) is 10.8. The Bertz CT molecular complexity index is 1050. The number of benzene rings is 2. The van der Waals surface area contributed by atoms with E-state index in [2.05, 4.69) is 25.5 Å². The highest BCUT2D eigenvalue weighted by Crippen LogP contribution is 2.22. The largest absolute Gasteiger partial charge is 0.321 e. The van der Waals surface area contributed by atoms with Crippen molar-refractivity contribution in [3.63, 3.8) is 0 Å². The van der Waals surface area contributed by atoms with E-state index in [0.717, 1.165) is 21.6 Å². The molecule has 4 rings (SSSR count). The number of pyridine rings is 1. The van der Waals surface area contributed by atoms with Gasteiger partial charge in [0.15, 0.2) is 5.16 Å². The summed E-state index contributed by atoms with van der Waals surface area (Å²) < 4.78 is 0. The van der Waals surface area contributed by atoms with Gasteiger partial charge >= 0.3 is 0 Å². The predicted octanol–water partition coefficient (Wildman–Crippen LogP) is 3.90. The molecule has 0 saturated heterocycles. The van der Waals surface area contributed by atoms with Crippen LogP contribution in [0.4, 0.5) is 5.69 Å². The molecule has 0 fully saturated rings. The van der Waals surface area contributed by atoms with Crippen LogP contribution in [0.25, 0.3) is 10.9 Å². The fourth-order valence-corrected chi connectivity index (χ4v) is 3.40. The zero-order chi connectivity index (χ0) is 17.8. The topological polar surface area (TPSA) is 83.6 Å².